The van der Waals surface area contributed by atoms with E-state index >= 15 is 0 Å². The van der Waals surface area contributed by atoms with Crippen molar-refractivity contribution in [2.24, 2.45) is 0 Å². The van der Waals surface area contributed by atoms with Crippen molar-refractivity contribution in [2.75, 3.05) is 43.5 Å². The summed E-state index contributed by atoms with van der Waals surface area (Å²) in [6.07, 6.45) is 1.17. The van der Waals surface area contributed by atoms with Crippen LogP contribution in [0.5, 0.6) is 0 Å². The Morgan fingerprint density at radius 2 is 1.91 bits per heavy atom. The number of nitrogens with one attached hydrogen (secondary N) is 1. The lowest BCUT2D eigenvalue weighted by Crippen LogP contribution is -2.50. The van der Waals surface area contributed by atoms with Crippen LogP contribution in [0.2, 0.25) is 0 Å². The van der Waals surface area contributed by atoms with E-state index in [1.165, 1.54) is 22.3 Å². The second kappa shape index (κ2) is 6.14. The average molecular weight is 355 g/mol. The molecule has 7 nitrogen and oxygen atoms in total. The highest BCUT2D eigenvalue weighted by atomic mass is 32.2. The molecule has 0 bridgehead atoms. The Labute approximate surface area is 139 Å². The van der Waals surface area contributed by atoms with Gasteiger partial charge in [0.05, 0.1) is 17.7 Å². The monoisotopic (exact) mass is 355 g/mol. The minimum atomic E-state index is -3.21. The highest BCUT2D eigenvalue weighted by Crippen LogP contribution is 2.32. The number of piperazine rings is 1. The number of hydrogen-bond acceptors (Lipinski definition) is 5. The third kappa shape index (κ3) is 3.51. The van der Waals surface area contributed by atoms with E-state index < -0.39 is 10.0 Å². The molecule has 0 unspecified atom stereocenters. The summed E-state index contributed by atoms with van der Waals surface area (Å²) in [4.78, 5) is 26.6. The Hall–Kier alpha value is -1.58. The largest absolute Gasteiger partial charge is 0.336 e. The quantitative estimate of drug-likeness (QED) is 0.832. The topological polar surface area (TPSA) is 86.8 Å². The van der Waals surface area contributed by atoms with Crippen molar-refractivity contribution in [3.63, 3.8) is 0 Å². The third-order valence-corrected chi connectivity index (χ3v) is 6.23. The van der Waals surface area contributed by atoms with Crippen LogP contribution in [0.4, 0.5) is 5.69 Å². The normalized spacial score (nSPS) is 19.2. The van der Waals surface area contributed by atoms with E-state index in [1.807, 2.05) is 6.07 Å². The predicted molar refractivity (Wildman–Crippen MR) is 88.1 cm³/mol. The smallest absolute Gasteiger partial charge is 0.254 e. The molecular formula is C14H17N3O4S2. The van der Waals surface area contributed by atoms with Crippen molar-refractivity contribution >= 4 is 39.3 Å². The lowest BCUT2D eigenvalue weighted by molar-refractivity contribution is -0.113. The minimum absolute atomic E-state index is 0.0751. The summed E-state index contributed by atoms with van der Waals surface area (Å²) in [5.74, 6) is 0.160. The fourth-order valence-corrected chi connectivity index (χ4v) is 4.24. The first kappa shape index (κ1) is 16.3. The van der Waals surface area contributed by atoms with Gasteiger partial charge in [0.2, 0.25) is 15.9 Å². The van der Waals surface area contributed by atoms with Gasteiger partial charge in [-0.05, 0) is 18.2 Å². The van der Waals surface area contributed by atoms with Crippen LogP contribution in [0.15, 0.2) is 23.1 Å². The summed E-state index contributed by atoms with van der Waals surface area (Å²) < 4.78 is 24.4. The predicted octanol–water partition coefficient (Wildman–Crippen LogP) is 0.448. The standard InChI is InChI=1S/C14H17N3O4S2/c1-23(20,21)17-6-4-16(5-7-17)14(19)10-2-3-12-11(8-10)15-13(18)9-22-12/h2-3,8H,4-7,9H2,1H3,(H,15,18). The first-order chi connectivity index (χ1) is 10.8. The molecule has 2 aliphatic heterocycles. The molecule has 2 heterocycles. The number of rotatable bonds is 2. The van der Waals surface area contributed by atoms with Gasteiger partial charge in [0.15, 0.2) is 0 Å². The van der Waals surface area contributed by atoms with Crippen molar-refractivity contribution in [1.82, 2.24) is 9.21 Å². The number of nitrogens with zero attached hydrogens (tertiary/aromatic N) is 2. The van der Waals surface area contributed by atoms with E-state index in [-0.39, 0.29) is 11.8 Å². The molecule has 1 aromatic carbocycles. The van der Waals surface area contributed by atoms with Crippen LogP contribution in [0.25, 0.3) is 0 Å². The Bertz CT molecular complexity index is 755. The van der Waals surface area contributed by atoms with Gasteiger partial charge in [-0.3, -0.25) is 9.59 Å². The van der Waals surface area contributed by atoms with Crippen LogP contribution in [0.1, 0.15) is 10.4 Å². The molecule has 0 radical (unpaired) electrons. The van der Waals surface area contributed by atoms with Gasteiger partial charge in [-0.15, -0.1) is 11.8 Å². The molecule has 1 aromatic rings. The molecule has 124 valence electrons. The summed E-state index contributed by atoms with van der Waals surface area (Å²) in [7, 11) is -3.21. The Morgan fingerprint density at radius 1 is 1.22 bits per heavy atom. The molecule has 3 rings (SSSR count). The molecule has 0 aliphatic carbocycles. The average Bonchev–Trinajstić information content (AvgIpc) is 2.52. The Morgan fingerprint density at radius 3 is 2.57 bits per heavy atom. The van der Waals surface area contributed by atoms with Crippen molar-refractivity contribution in [3.05, 3.63) is 23.8 Å². The molecule has 0 spiro atoms. The van der Waals surface area contributed by atoms with Crippen molar-refractivity contribution in [3.8, 4) is 0 Å². The van der Waals surface area contributed by atoms with Gasteiger partial charge in [-0.1, -0.05) is 0 Å². The van der Waals surface area contributed by atoms with Gasteiger partial charge in [-0.25, -0.2) is 8.42 Å². The summed E-state index contributed by atoms with van der Waals surface area (Å²) in [5, 5.41) is 2.77. The van der Waals surface area contributed by atoms with Crippen LogP contribution in [-0.2, 0) is 14.8 Å². The molecule has 9 heteroatoms. The highest BCUT2D eigenvalue weighted by Gasteiger charge is 2.27. The van der Waals surface area contributed by atoms with Crippen molar-refractivity contribution < 1.29 is 18.0 Å². The van der Waals surface area contributed by atoms with Gasteiger partial charge >= 0.3 is 0 Å². The zero-order chi connectivity index (χ0) is 16.6. The van der Waals surface area contributed by atoms with Crippen LogP contribution in [0, 0.1) is 0 Å². The molecule has 0 aromatic heterocycles. The summed E-state index contributed by atoms with van der Waals surface area (Å²) in [6.45, 7) is 1.35. The Balaban J connectivity index is 1.72. The fraction of sp³-hybridized carbons (Fsp3) is 0.429. The Kier molecular flexibility index (Phi) is 4.35. The van der Waals surface area contributed by atoms with Crippen LogP contribution in [-0.4, -0.2) is 67.6 Å². The van der Waals surface area contributed by atoms with E-state index in [0.717, 1.165) is 4.90 Å². The molecule has 2 aliphatic rings. The first-order valence-electron chi connectivity index (χ1n) is 7.16. The number of hydrogen-bond donors (Lipinski definition) is 1. The molecule has 1 fully saturated rings. The molecular weight excluding hydrogens is 338 g/mol. The lowest BCUT2D eigenvalue weighted by atomic mass is 10.1. The van der Waals surface area contributed by atoms with E-state index in [9.17, 15) is 18.0 Å². The number of sulfonamides is 1. The van der Waals surface area contributed by atoms with Crippen LogP contribution >= 0.6 is 11.8 Å². The molecule has 0 atom stereocenters. The number of carbonyl (C=O) groups excluding carboxylic acids is 2. The van der Waals surface area contributed by atoms with Gasteiger partial charge in [0.25, 0.3) is 5.91 Å². The van der Waals surface area contributed by atoms with Crippen molar-refractivity contribution in [1.29, 1.82) is 0 Å². The SMILES string of the molecule is CS(=O)(=O)N1CCN(C(=O)c2ccc3c(c2)NC(=O)CS3)CC1. The zero-order valence-corrected chi connectivity index (χ0v) is 14.2. The maximum absolute atomic E-state index is 12.6. The first-order valence-corrected chi connectivity index (χ1v) is 9.99. The molecule has 0 saturated carbocycles. The number of carbonyl (C=O) groups is 2. The van der Waals surface area contributed by atoms with Crippen LogP contribution in [0.3, 0.4) is 0 Å². The minimum Gasteiger partial charge on any atom is -0.336 e. The van der Waals surface area contributed by atoms with E-state index in [2.05, 4.69) is 5.32 Å². The summed E-state index contributed by atoms with van der Waals surface area (Å²) >= 11 is 1.45. The van der Waals surface area contributed by atoms with E-state index in [0.29, 0.717) is 43.2 Å². The van der Waals surface area contributed by atoms with E-state index in [4.69, 9.17) is 0 Å². The second-order valence-electron chi connectivity index (χ2n) is 5.50. The number of thioether (sulfide) groups is 1. The summed E-state index contributed by atoms with van der Waals surface area (Å²) in [6, 6.07) is 5.26. The van der Waals surface area contributed by atoms with Gasteiger partial charge in [-0.2, -0.15) is 4.31 Å². The highest BCUT2D eigenvalue weighted by molar-refractivity contribution is 8.00. The fourth-order valence-electron chi connectivity index (χ4n) is 2.62. The van der Waals surface area contributed by atoms with Gasteiger partial charge in [0, 0.05) is 36.6 Å². The summed E-state index contributed by atoms with van der Waals surface area (Å²) in [5.41, 5.74) is 1.16. The maximum Gasteiger partial charge on any atom is 0.254 e. The number of anilines is 1. The van der Waals surface area contributed by atoms with Gasteiger partial charge in [0.1, 0.15) is 0 Å². The van der Waals surface area contributed by atoms with E-state index in [1.54, 1.807) is 17.0 Å². The molecule has 23 heavy (non-hydrogen) atoms. The number of benzene rings is 1. The second-order valence-corrected chi connectivity index (χ2v) is 8.50. The van der Waals surface area contributed by atoms with Gasteiger partial charge < -0.3 is 10.2 Å². The number of amides is 2. The molecule has 2 amide bonds. The van der Waals surface area contributed by atoms with Crippen LogP contribution < -0.4 is 5.32 Å². The third-order valence-electron chi connectivity index (χ3n) is 3.85. The molecule has 1 N–H and O–H groups in total. The maximum atomic E-state index is 12.6. The zero-order valence-electron chi connectivity index (χ0n) is 12.6. The number of fused-ring (bicyclic) bond motifs is 1. The lowest BCUT2D eigenvalue weighted by Gasteiger charge is -2.33. The van der Waals surface area contributed by atoms with Crippen molar-refractivity contribution in [2.45, 2.75) is 4.90 Å². The molecule has 1 saturated heterocycles.